The lowest BCUT2D eigenvalue weighted by Gasteiger charge is -2.03. The summed E-state index contributed by atoms with van der Waals surface area (Å²) in [4.78, 5) is 15.3. The summed E-state index contributed by atoms with van der Waals surface area (Å²) in [7, 11) is 1.46. The first-order chi connectivity index (χ1) is 8.10. The fourth-order valence-electron chi connectivity index (χ4n) is 1.46. The van der Waals surface area contributed by atoms with Crippen molar-refractivity contribution in [2.75, 3.05) is 7.11 Å². The second-order valence-electron chi connectivity index (χ2n) is 3.48. The van der Waals surface area contributed by atoms with Crippen molar-refractivity contribution in [3.63, 3.8) is 0 Å². The molecule has 1 heterocycles. The molecule has 5 nitrogen and oxygen atoms in total. The molecule has 5 heteroatoms. The van der Waals surface area contributed by atoms with E-state index in [0.29, 0.717) is 17.2 Å². The standard InChI is InChI=1S/C12H11NO4/c1-7-13-9(12(15)17-7)5-8-3-4-10(14)11(6-8)16-2/h3-6,14H,1-2H3/b9-5-. The van der Waals surface area contributed by atoms with Gasteiger partial charge in [-0.25, -0.2) is 9.79 Å². The highest BCUT2D eigenvalue weighted by Gasteiger charge is 2.19. The molecule has 0 atom stereocenters. The van der Waals surface area contributed by atoms with Crippen LogP contribution in [0.25, 0.3) is 6.08 Å². The SMILES string of the molecule is COc1cc(/C=C2\N=C(C)OC2=O)ccc1O. The molecule has 1 aromatic rings. The number of esters is 1. The van der Waals surface area contributed by atoms with E-state index >= 15 is 0 Å². The molecule has 0 spiro atoms. The molecule has 0 radical (unpaired) electrons. The zero-order valence-electron chi connectivity index (χ0n) is 9.43. The third-order valence-corrected chi connectivity index (χ3v) is 2.23. The molecule has 0 aromatic heterocycles. The first-order valence-electron chi connectivity index (χ1n) is 4.96. The number of nitrogens with zero attached hydrogens (tertiary/aromatic N) is 1. The van der Waals surface area contributed by atoms with E-state index in [2.05, 4.69) is 4.99 Å². The van der Waals surface area contributed by atoms with Gasteiger partial charge in [-0.05, 0) is 23.8 Å². The van der Waals surface area contributed by atoms with Crippen LogP contribution in [-0.4, -0.2) is 24.1 Å². The predicted molar refractivity (Wildman–Crippen MR) is 61.8 cm³/mol. The molecule has 0 unspecified atom stereocenters. The van der Waals surface area contributed by atoms with Crippen LogP contribution in [0.2, 0.25) is 0 Å². The number of carbonyl (C=O) groups excluding carboxylic acids is 1. The van der Waals surface area contributed by atoms with Gasteiger partial charge in [0.1, 0.15) is 0 Å². The number of carbonyl (C=O) groups is 1. The van der Waals surface area contributed by atoms with Crippen LogP contribution < -0.4 is 4.74 Å². The van der Waals surface area contributed by atoms with E-state index in [1.54, 1.807) is 25.1 Å². The van der Waals surface area contributed by atoms with E-state index in [0.717, 1.165) is 0 Å². The molecule has 1 aliphatic heterocycles. The Morgan fingerprint density at radius 3 is 2.82 bits per heavy atom. The summed E-state index contributed by atoms with van der Waals surface area (Å²) in [6.07, 6.45) is 1.57. The van der Waals surface area contributed by atoms with E-state index in [9.17, 15) is 9.90 Å². The second kappa shape index (κ2) is 4.29. The summed E-state index contributed by atoms with van der Waals surface area (Å²) in [5, 5.41) is 9.42. The largest absolute Gasteiger partial charge is 0.504 e. The topological polar surface area (TPSA) is 68.1 Å². The fraction of sp³-hybridized carbons (Fsp3) is 0.167. The number of rotatable bonds is 2. The van der Waals surface area contributed by atoms with Crippen LogP contribution in [0.1, 0.15) is 12.5 Å². The first kappa shape index (κ1) is 11.2. The molecular formula is C12H11NO4. The summed E-state index contributed by atoms with van der Waals surface area (Å²) >= 11 is 0. The van der Waals surface area contributed by atoms with Crippen LogP contribution in [-0.2, 0) is 9.53 Å². The van der Waals surface area contributed by atoms with Crippen LogP contribution in [0.4, 0.5) is 0 Å². The van der Waals surface area contributed by atoms with Gasteiger partial charge in [-0.1, -0.05) is 6.07 Å². The number of hydrogen-bond donors (Lipinski definition) is 1. The van der Waals surface area contributed by atoms with Gasteiger partial charge in [0.05, 0.1) is 7.11 Å². The number of phenolic OH excluding ortho intramolecular Hbond substituents is 1. The summed E-state index contributed by atoms with van der Waals surface area (Å²) in [6, 6.07) is 4.75. The lowest BCUT2D eigenvalue weighted by molar-refractivity contribution is -0.130. The average molecular weight is 233 g/mol. The Hall–Kier alpha value is -2.30. The van der Waals surface area contributed by atoms with Gasteiger partial charge < -0.3 is 14.6 Å². The van der Waals surface area contributed by atoms with Crippen LogP contribution in [0.15, 0.2) is 28.9 Å². The molecule has 17 heavy (non-hydrogen) atoms. The van der Waals surface area contributed by atoms with Gasteiger partial charge in [0, 0.05) is 6.92 Å². The molecule has 0 fully saturated rings. The van der Waals surface area contributed by atoms with Crippen LogP contribution in [0.5, 0.6) is 11.5 Å². The Morgan fingerprint density at radius 2 is 2.24 bits per heavy atom. The number of methoxy groups -OCH3 is 1. The molecule has 0 saturated heterocycles. The van der Waals surface area contributed by atoms with Gasteiger partial charge in [0.15, 0.2) is 23.1 Å². The minimum atomic E-state index is -0.477. The van der Waals surface area contributed by atoms with Gasteiger partial charge in [-0.2, -0.15) is 0 Å². The Labute approximate surface area is 98.0 Å². The van der Waals surface area contributed by atoms with Crippen molar-refractivity contribution in [2.45, 2.75) is 6.92 Å². The number of aromatic hydroxyl groups is 1. The number of cyclic esters (lactones) is 1. The molecule has 1 aliphatic rings. The van der Waals surface area contributed by atoms with E-state index in [4.69, 9.17) is 9.47 Å². The van der Waals surface area contributed by atoms with E-state index in [-0.39, 0.29) is 11.4 Å². The van der Waals surface area contributed by atoms with Gasteiger partial charge in [0.2, 0.25) is 0 Å². The van der Waals surface area contributed by atoms with Gasteiger partial charge in [0.25, 0.3) is 0 Å². The Balaban J connectivity index is 2.36. The molecule has 88 valence electrons. The average Bonchev–Trinajstić information content (AvgIpc) is 2.60. The van der Waals surface area contributed by atoms with Crippen molar-refractivity contribution >= 4 is 17.9 Å². The first-order valence-corrected chi connectivity index (χ1v) is 4.96. The van der Waals surface area contributed by atoms with Crippen LogP contribution >= 0.6 is 0 Å². The van der Waals surface area contributed by atoms with Gasteiger partial charge >= 0.3 is 5.97 Å². The third-order valence-electron chi connectivity index (χ3n) is 2.23. The molecule has 0 bridgehead atoms. The zero-order valence-corrected chi connectivity index (χ0v) is 9.43. The smallest absolute Gasteiger partial charge is 0.363 e. The Kier molecular flexibility index (Phi) is 2.82. The van der Waals surface area contributed by atoms with Crippen molar-refractivity contribution in [1.29, 1.82) is 0 Å². The maximum Gasteiger partial charge on any atom is 0.363 e. The van der Waals surface area contributed by atoms with Crippen LogP contribution in [0.3, 0.4) is 0 Å². The second-order valence-corrected chi connectivity index (χ2v) is 3.48. The number of benzene rings is 1. The highest BCUT2D eigenvalue weighted by atomic mass is 16.6. The van der Waals surface area contributed by atoms with Crippen molar-refractivity contribution in [1.82, 2.24) is 0 Å². The van der Waals surface area contributed by atoms with E-state index in [1.807, 2.05) is 0 Å². The maximum absolute atomic E-state index is 11.3. The summed E-state index contributed by atoms with van der Waals surface area (Å²) in [6.45, 7) is 1.61. The molecule has 1 N–H and O–H groups in total. The highest BCUT2D eigenvalue weighted by Crippen LogP contribution is 2.27. The van der Waals surface area contributed by atoms with Gasteiger partial charge in [-0.15, -0.1) is 0 Å². The van der Waals surface area contributed by atoms with E-state index < -0.39 is 5.97 Å². The number of aliphatic imine (C=N–C) groups is 1. The highest BCUT2D eigenvalue weighted by molar-refractivity contribution is 6.06. The lowest BCUT2D eigenvalue weighted by Crippen LogP contribution is -1.99. The summed E-state index contributed by atoms with van der Waals surface area (Å²) < 4.78 is 9.76. The molecule has 2 rings (SSSR count). The monoisotopic (exact) mass is 233 g/mol. The number of hydrogen-bond acceptors (Lipinski definition) is 5. The van der Waals surface area contributed by atoms with Crippen LogP contribution in [0, 0.1) is 0 Å². The molecule has 0 aliphatic carbocycles. The van der Waals surface area contributed by atoms with Crippen molar-refractivity contribution in [3.05, 3.63) is 29.5 Å². The molecule has 1 aromatic carbocycles. The quantitative estimate of drug-likeness (QED) is 0.623. The maximum atomic E-state index is 11.3. The minimum absolute atomic E-state index is 0.0448. The normalized spacial score (nSPS) is 16.9. The number of ether oxygens (including phenoxy) is 2. The van der Waals surface area contributed by atoms with Crippen molar-refractivity contribution < 1.29 is 19.4 Å². The minimum Gasteiger partial charge on any atom is -0.504 e. The molecular weight excluding hydrogens is 222 g/mol. The zero-order chi connectivity index (χ0) is 12.4. The van der Waals surface area contributed by atoms with Crippen molar-refractivity contribution in [3.8, 4) is 11.5 Å². The Bertz CT molecular complexity index is 531. The predicted octanol–water partition coefficient (Wildman–Crippen LogP) is 1.72. The van der Waals surface area contributed by atoms with Gasteiger partial charge in [-0.3, -0.25) is 0 Å². The fourth-order valence-corrected chi connectivity index (χ4v) is 1.46. The third kappa shape index (κ3) is 2.28. The molecule has 0 amide bonds. The summed E-state index contributed by atoms with van der Waals surface area (Å²) in [5.41, 5.74) is 0.931. The van der Waals surface area contributed by atoms with Crippen molar-refractivity contribution in [2.24, 2.45) is 4.99 Å². The Morgan fingerprint density at radius 1 is 1.47 bits per heavy atom. The van der Waals surface area contributed by atoms with E-state index in [1.165, 1.54) is 13.2 Å². The molecule has 0 saturated carbocycles. The summed E-state index contributed by atoms with van der Waals surface area (Å²) in [5.74, 6) is 0.233. The number of phenols is 1. The lowest BCUT2D eigenvalue weighted by atomic mass is 10.1.